The summed E-state index contributed by atoms with van der Waals surface area (Å²) in [7, 11) is 2.28. The fourth-order valence-corrected chi connectivity index (χ4v) is 4.24. The van der Waals surface area contributed by atoms with Crippen LogP contribution in [0, 0.1) is 19.8 Å². The topological polar surface area (TPSA) is 15.3 Å². The lowest BCUT2D eigenvalue weighted by Crippen LogP contribution is -2.47. The predicted molar refractivity (Wildman–Crippen MR) is 121 cm³/mol. The van der Waals surface area contributed by atoms with Crippen LogP contribution in [0.1, 0.15) is 88.6 Å². The van der Waals surface area contributed by atoms with Gasteiger partial charge in [0.1, 0.15) is 0 Å². The van der Waals surface area contributed by atoms with Gasteiger partial charge < -0.3 is 5.32 Å². The zero-order valence-corrected chi connectivity index (χ0v) is 19.2. The van der Waals surface area contributed by atoms with Crippen molar-refractivity contribution in [2.45, 2.75) is 98.7 Å². The van der Waals surface area contributed by atoms with E-state index in [0.717, 1.165) is 18.8 Å². The molecule has 0 saturated heterocycles. The molecule has 27 heavy (non-hydrogen) atoms. The first-order valence-electron chi connectivity index (χ1n) is 11.0. The SMILES string of the molecule is C=CNC(CC)C(CC)N(C)C(C)c1ccc(CCC(C)CC)c(C)c1C. The maximum absolute atomic E-state index is 3.87. The summed E-state index contributed by atoms with van der Waals surface area (Å²) < 4.78 is 0. The summed E-state index contributed by atoms with van der Waals surface area (Å²) in [6.07, 6.45) is 7.84. The van der Waals surface area contributed by atoms with Crippen molar-refractivity contribution in [3.63, 3.8) is 0 Å². The largest absolute Gasteiger partial charge is 0.387 e. The summed E-state index contributed by atoms with van der Waals surface area (Å²) >= 11 is 0. The molecule has 0 bridgehead atoms. The van der Waals surface area contributed by atoms with Crippen LogP contribution < -0.4 is 5.32 Å². The monoisotopic (exact) mass is 372 g/mol. The number of benzene rings is 1. The minimum Gasteiger partial charge on any atom is -0.387 e. The maximum atomic E-state index is 3.87. The van der Waals surface area contributed by atoms with Crippen LogP contribution in [0.5, 0.6) is 0 Å². The van der Waals surface area contributed by atoms with Gasteiger partial charge in [0.25, 0.3) is 0 Å². The van der Waals surface area contributed by atoms with Crippen LogP contribution in [0.15, 0.2) is 24.9 Å². The minimum atomic E-state index is 0.401. The van der Waals surface area contributed by atoms with Crippen molar-refractivity contribution in [3.05, 3.63) is 47.2 Å². The number of hydrogen-bond donors (Lipinski definition) is 1. The number of nitrogens with one attached hydrogen (secondary N) is 1. The van der Waals surface area contributed by atoms with Gasteiger partial charge in [-0.1, -0.05) is 52.8 Å². The summed E-state index contributed by atoms with van der Waals surface area (Å²) in [5, 5.41) is 3.46. The second-order valence-electron chi connectivity index (χ2n) is 8.32. The molecular weight excluding hydrogens is 328 g/mol. The summed E-state index contributed by atoms with van der Waals surface area (Å²) in [6, 6.07) is 6.09. The average molecular weight is 373 g/mol. The third-order valence-corrected chi connectivity index (χ3v) is 6.78. The fourth-order valence-electron chi connectivity index (χ4n) is 4.24. The van der Waals surface area contributed by atoms with Crippen LogP contribution in [0.25, 0.3) is 0 Å². The first-order chi connectivity index (χ1) is 12.8. The van der Waals surface area contributed by atoms with Crippen LogP contribution in [0.2, 0.25) is 0 Å². The number of likely N-dealkylation sites (N-methyl/N-ethyl adjacent to an activating group) is 1. The first kappa shape index (κ1) is 23.8. The van der Waals surface area contributed by atoms with Gasteiger partial charge in [-0.25, -0.2) is 0 Å². The molecule has 4 unspecified atom stereocenters. The standard InChI is InChI=1S/C25H44N2/c1-10-18(5)14-15-22-16-17-23(20(7)19(22)6)21(8)27(9)25(12-3)24(11-2)26-13-4/h13,16-18,21,24-26H,4,10-12,14-15H2,1-3,5-9H3. The van der Waals surface area contributed by atoms with Crippen molar-refractivity contribution >= 4 is 0 Å². The van der Waals surface area contributed by atoms with Crippen molar-refractivity contribution in [3.8, 4) is 0 Å². The van der Waals surface area contributed by atoms with E-state index in [0.29, 0.717) is 18.1 Å². The Balaban J connectivity index is 3.03. The first-order valence-corrected chi connectivity index (χ1v) is 11.0. The predicted octanol–water partition coefficient (Wildman–Crippen LogP) is 6.57. The molecule has 0 aliphatic heterocycles. The Morgan fingerprint density at radius 2 is 1.70 bits per heavy atom. The zero-order valence-electron chi connectivity index (χ0n) is 19.2. The van der Waals surface area contributed by atoms with Gasteiger partial charge in [-0.05, 0) is 87.9 Å². The number of hydrogen-bond acceptors (Lipinski definition) is 2. The average Bonchev–Trinajstić information content (AvgIpc) is 2.67. The zero-order chi connectivity index (χ0) is 20.6. The van der Waals surface area contributed by atoms with Crippen molar-refractivity contribution in [1.82, 2.24) is 10.2 Å². The summed E-state index contributed by atoms with van der Waals surface area (Å²) in [5.74, 6) is 0.808. The van der Waals surface area contributed by atoms with Gasteiger partial charge in [-0.3, -0.25) is 4.90 Å². The second-order valence-corrected chi connectivity index (χ2v) is 8.32. The Labute approximate surface area is 169 Å². The molecule has 0 amide bonds. The molecule has 2 heteroatoms. The van der Waals surface area contributed by atoms with Crippen molar-refractivity contribution in [1.29, 1.82) is 0 Å². The van der Waals surface area contributed by atoms with E-state index in [-0.39, 0.29) is 0 Å². The van der Waals surface area contributed by atoms with E-state index in [1.165, 1.54) is 41.5 Å². The van der Waals surface area contributed by atoms with Gasteiger partial charge in [0.05, 0.1) is 0 Å². The Morgan fingerprint density at radius 3 is 2.22 bits per heavy atom. The molecule has 1 rings (SSSR count). The number of aryl methyl sites for hydroxylation is 1. The molecule has 0 aliphatic rings. The van der Waals surface area contributed by atoms with Gasteiger partial charge in [0, 0.05) is 18.1 Å². The molecule has 0 heterocycles. The molecule has 1 N–H and O–H groups in total. The van der Waals surface area contributed by atoms with Crippen LogP contribution in [-0.2, 0) is 6.42 Å². The second kappa shape index (κ2) is 11.5. The number of nitrogens with zero attached hydrogens (tertiary/aromatic N) is 1. The highest BCUT2D eigenvalue weighted by Gasteiger charge is 2.26. The Bertz CT molecular complexity index is 578. The summed E-state index contributed by atoms with van der Waals surface area (Å²) in [5.41, 5.74) is 5.95. The van der Waals surface area contributed by atoms with Crippen LogP contribution in [-0.4, -0.2) is 24.0 Å². The van der Waals surface area contributed by atoms with Crippen LogP contribution >= 0.6 is 0 Å². The van der Waals surface area contributed by atoms with Gasteiger partial charge in [-0.15, -0.1) is 0 Å². The maximum Gasteiger partial charge on any atom is 0.0408 e. The van der Waals surface area contributed by atoms with E-state index in [4.69, 9.17) is 0 Å². The molecular formula is C25H44N2. The molecule has 0 saturated carbocycles. The molecule has 0 aromatic heterocycles. The number of rotatable bonds is 12. The third-order valence-electron chi connectivity index (χ3n) is 6.78. The van der Waals surface area contributed by atoms with Crippen LogP contribution in [0.3, 0.4) is 0 Å². The summed E-state index contributed by atoms with van der Waals surface area (Å²) in [6.45, 7) is 20.0. The lowest BCUT2D eigenvalue weighted by atomic mass is 9.89. The third kappa shape index (κ3) is 6.10. The fraction of sp³-hybridized carbons (Fsp3) is 0.680. The van der Waals surface area contributed by atoms with Crippen molar-refractivity contribution in [2.24, 2.45) is 5.92 Å². The molecule has 0 spiro atoms. The lowest BCUT2D eigenvalue weighted by Gasteiger charge is -2.38. The van der Waals surface area contributed by atoms with Gasteiger partial charge >= 0.3 is 0 Å². The molecule has 1 aromatic rings. The van der Waals surface area contributed by atoms with Gasteiger partial charge in [-0.2, -0.15) is 0 Å². The quantitative estimate of drug-likeness (QED) is 0.446. The highest BCUT2D eigenvalue weighted by molar-refractivity contribution is 5.41. The van der Waals surface area contributed by atoms with E-state index < -0.39 is 0 Å². The Morgan fingerprint density at radius 1 is 1.04 bits per heavy atom. The van der Waals surface area contributed by atoms with E-state index in [2.05, 4.69) is 84.4 Å². The van der Waals surface area contributed by atoms with Crippen molar-refractivity contribution in [2.75, 3.05) is 7.05 Å². The minimum absolute atomic E-state index is 0.401. The highest BCUT2D eigenvalue weighted by atomic mass is 15.2. The van der Waals surface area contributed by atoms with E-state index in [1.54, 1.807) is 0 Å². The van der Waals surface area contributed by atoms with Crippen molar-refractivity contribution < 1.29 is 0 Å². The van der Waals surface area contributed by atoms with Crippen LogP contribution in [0.4, 0.5) is 0 Å². The van der Waals surface area contributed by atoms with Gasteiger partial charge in [0.15, 0.2) is 0 Å². The molecule has 0 radical (unpaired) electrons. The van der Waals surface area contributed by atoms with Gasteiger partial charge in [0.2, 0.25) is 0 Å². The molecule has 154 valence electrons. The van der Waals surface area contributed by atoms with E-state index >= 15 is 0 Å². The smallest absolute Gasteiger partial charge is 0.0408 e. The molecule has 1 aromatic carbocycles. The Kier molecular flexibility index (Phi) is 10.2. The summed E-state index contributed by atoms with van der Waals surface area (Å²) in [4.78, 5) is 2.55. The highest BCUT2D eigenvalue weighted by Crippen LogP contribution is 2.30. The molecule has 2 nitrogen and oxygen atoms in total. The Hall–Kier alpha value is -1.28. The van der Waals surface area contributed by atoms with E-state index in [9.17, 15) is 0 Å². The normalized spacial score (nSPS) is 16.0. The lowest BCUT2D eigenvalue weighted by molar-refractivity contribution is 0.144. The molecule has 4 atom stereocenters. The molecule has 0 fully saturated rings. The molecule has 0 aliphatic carbocycles. The van der Waals surface area contributed by atoms with E-state index in [1.807, 2.05) is 6.20 Å².